The maximum atomic E-state index is 13.2. The van der Waals surface area contributed by atoms with Crippen molar-refractivity contribution >= 4 is 33.4 Å². The zero-order valence-electron chi connectivity index (χ0n) is 13.4. The quantitative estimate of drug-likeness (QED) is 0.670. The fraction of sp³-hybridized carbons (Fsp3) is 0.0556. The number of benzene rings is 2. The highest BCUT2D eigenvalue weighted by atomic mass is 79.9. The van der Waals surface area contributed by atoms with E-state index in [0.29, 0.717) is 10.2 Å². The molecule has 26 heavy (non-hydrogen) atoms. The van der Waals surface area contributed by atoms with Crippen LogP contribution in [0.1, 0.15) is 10.4 Å². The first-order chi connectivity index (χ1) is 12.5. The number of amides is 2. The van der Waals surface area contributed by atoms with E-state index in [0.717, 1.165) is 11.8 Å². The van der Waals surface area contributed by atoms with Gasteiger partial charge in [0.2, 0.25) is 5.91 Å². The number of nitrogens with zero attached hydrogens (tertiary/aromatic N) is 2. The van der Waals surface area contributed by atoms with E-state index in [1.807, 2.05) is 24.4 Å². The van der Waals surface area contributed by atoms with Crippen LogP contribution in [0.3, 0.4) is 0 Å². The molecule has 0 radical (unpaired) electrons. The lowest BCUT2D eigenvalue weighted by atomic mass is 10.2. The smallest absolute Gasteiger partial charge is 0.252 e. The second kappa shape index (κ2) is 7.92. The Morgan fingerprint density at radius 3 is 2.62 bits per heavy atom. The van der Waals surface area contributed by atoms with E-state index >= 15 is 0 Å². The van der Waals surface area contributed by atoms with Gasteiger partial charge in [-0.1, -0.05) is 0 Å². The molecule has 1 heterocycles. The highest BCUT2D eigenvalue weighted by Gasteiger charge is 2.12. The topological polar surface area (TPSA) is 76.0 Å². The summed E-state index contributed by atoms with van der Waals surface area (Å²) in [4.78, 5) is 24.0. The molecule has 2 amide bonds. The largest absolute Gasteiger partial charge is 0.343 e. The van der Waals surface area contributed by atoms with Crippen molar-refractivity contribution in [1.29, 1.82) is 0 Å². The van der Waals surface area contributed by atoms with Gasteiger partial charge in [-0.25, -0.2) is 9.07 Å². The standard InChI is InChI=1S/C18H14BrFN4O2/c19-16-7-2-12(20)10-15(16)18(26)21-11-17(25)23-13-3-5-14(6-4-13)24-9-1-8-22-24/h1-10H,11H2,(H,21,26)(H,23,25). The van der Waals surface area contributed by atoms with Gasteiger partial charge in [0.1, 0.15) is 5.82 Å². The van der Waals surface area contributed by atoms with E-state index in [2.05, 4.69) is 31.7 Å². The lowest BCUT2D eigenvalue weighted by Gasteiger charge is -2.09. The average Bonchev–Trinajstić information content (AvgIpc) is 3.17. The lowest BCUT2D eigenvalue weighted by Crippen LogP contribution is -2.33. The minimum Gasteiger partial charge on any atom is -0.343 e. The zero-order valence-corrected chi connectivity index (χ0v) is 15.0. The summed E-state index contributed by atoms with van der Waals surface area (Å²) in [5.74, 6) is -1.46. The van der Waals surface area contributed by atoms with Crippen LogP contribution >= 0.6 is 15.9 Å². The summed E-state index contributed by atoms with van der Waals surface area (Å²) >= 11 is 3.18. The van der Waals surface area contributed by atoms with Crippen LogP contribution in [-0.4, -0.2) is 28.1 Å². The van der Waals surface area contributed by atoms with Gasteiger partial charge in [-0.2, -0.15) is 5.10 Å². The van der Waals surface area contributed by atoms with Gasteiger partial charge < -0.3 is 10.6 Å². The summed E-state index contributed by atoms with van der Waals surface area (Å²) in [6.45, 7) is -0.233. The van der Waals surface area contributed by atoms with Crippen LogP contribution in [0.15, 0.2) is 65.4 Å². The molecule has 0 atom stereocenters. The lowest BCUT2D eigenvalue weighted by molar-refractivity contribution is -0.115. The molecule has 2 N–H and O–H groups in total. The van der Waals surface area contributed by atoms with Gasteiger partial charge in [-0.15, -0.1) is 0 Å². The van der Waals surface area contributed by atoms with Crippen LogP contribution in [0, 0.1) is 5.82 Å². The van der Waals surface area contributed by atoms with Gasteiger partial charge in [0.15, 0.2) is 0 Å². The Bertz CT molecular complexity index is 927. The summed E-state index contributed by atoms with van der Waals surface area (Å²) < 4.78 is 15.4. The molecule has 3 rings (SSSR count). The molecule has 0 bridgehead atoms. The first-order valence-corrected chi connectivity index (χ1v) is 8.45. The fourth-order valence-corrected chi connectivity index (χ4v) is 2.68. The van der Waals surface area contributed by atoms with Crippen molar-refractivity contribution in [2.75, 3.05) is 11.9 Å². The third-order valence-electron chi connectivity index (χ3n) is 3.50. The second-order valence-corrected chi connectivity index (χ2v) is 6.21. The monoisotopic (exact) mass is 416 g/mol. The number of hydrogen-bond donors (Lipinski definition) is 2. The number of carbonyl (C=O) groups excluding carboxylic acids is 2. The zero-order chi connectivity index (χ0) is 18.5. The first-order valence-electron chi connectivity index (χ1n) is 7.66. The Morgan fingerprint density at radius 2 is 1.92 bits per heavy atom. The van der Waals surface area contributed by atoms with Gasteiger partial charge in [0.25, 0.3) is 5.91 Å². The van der Waals surface area contributed by atoms with Crippen molar-refractivity contribution in [3.05, 3.63) is 76.8 Å². The summed E-state index contributed by atoms with van der Waals surface area (Å²) in [5.41, 5.74) is 1.57. The Hall–Kier alpha value is -3.00. The predicted molar refractivity (Wildman–Crippen MR) is 98.6 cm³/mol. The number of aromatic nitrogens is 2. The normalized spacial score (nSPS) is 10.4. The van der Waals surface area contributed by atoms with E-state index in [-0.39, 0.29) is 12.1 Å². The van der Waals surface area contributed by atoms with Crippen LogP contribution in [0.25, 0.3) is 5.69 Å². The summed E-state index contributed by atoms with van der Waals surface area (Å²) in [7, 11) is 0. The molecule has 0 spiro atoms. The van der Waals surface area contributed by atoms with Crippen LogP contribution in [0.4, 0.5) is 10.1 Å². The molecule has 8 heteroatoms. The van der Waals surface area contributed by atoms with Crippen molar-refractivity contribution in [3.8, 4) is 5.69 Å². The van der Waals surface area contributed by atoms with E-state index in [9.17, 15) is 14.0 Å². The van der Waals surface area contributed by atoms with Crippen LogP contribution in [0.5, 0.6) is 0 Å². The van der Waals surface area contributed by atoms with E-state index < -0.39 is 17.6 Å². The molecule has 0 saturated carbocycles. The van der Waals surface area contributed by atoms with Gasteiger partial charge in [0, 0.05) is 22.6 Å². The maximum absolute atomic E-state index is 13.2. The summed E-state index contributed by atoms with van der Waals surface area (Å²) in [5, 5.41) is 9.26. The number of anilines is 1. The number of halogens is 2. The number of carbonyl (C=O) groups is 2. The van der Waals surface area contributed by atoms with Crippen LogP contribution < -0.4 is 10.6 Å². The third kappa shape index (κ3) is 4.34. The molecule has 0 aliphatic rings. The molecular weight excluding hydrogens is 403 g/mol. The van der Waals surface area contributed by atoms with Crippen molar-refractivity contribution in [3.63, 3.8) is 0 Å². The van der Waals surface area contributed by atoms with Gasteiger partial charge >= 0.3 is 0 Å². The minimum atomic E-state index is -0.541. The number of rotatable bonds is 5. The van der Waals surface area contributed by atoms with E-state index in [1.165, 1.54) is 12.1 Å². The second-order valence-electron chi connectivity index (χ2n) is 5.35. The third-order valence-corrected chi connectivity index (χ3v) is 4.19. The summed E-state index contributed by atoms with van der Waals surface area (Å²) in [6, 6.07) is 12.7. The molecule has 2 aromatic carbocycles. The molecule has 0 aliphatic carbocycles. The Labute approximate surface area is 157 Å². The van der Waals surface area contributed by atoms with Crippen LogP contribution in [-0.2, 0) is 4.79 Å². The van der Waals surface area contributed by atoms with Gasteiger partial charge in [-0.3, -0.25) is 9.59 Å². The first kappa shape index (κ1) is 17.8. The SMILES string of the molecule is O=C(CNC(=O)c1cc(F)ccc1Br)Nc1ccc(-n2cccn2)cc1. The molecular formula is C18H14BrFN4O2. The Balaban J connectivity index is 1.55. The van der Waals surface area contributed by atoms with Crippen molar-refractivity contribution < 1.29 is 14.0 Å². The van der Waals surface area contributed by atoms with E-state index in [4.69, 9.17) is 0 Å². The molecule has 6 nitrogen and oxygen atoms in total. The molecule has 0 fully saturated rings. The molecule has 3 aromatic rings. The molecule has 132 valence electrons. The molecule has 0 aliphatic heterocycles. The average molecular weight is 417 g/mol. The van der Waals surface area contributed by atoms with E-state index in [1.54, 1.807) is 23.0 Å². The highest BCUT2D eigenvalue weighted by molar-refractivity contribution is 9.10. The predicted octanol–water partition coefficient (Wildman–Crippen LogP) is 3.14. The van der Waals surface area contributed by atoms with Gasteiger partial charge in [-0.05, 0) is 64.5 Å². The van der Waals surface area contributed by atoms with Crippen LogP contribution in [0.2, 0.25) is 0 Å². The highest BCUT2D eigenvalue weighted by Crippen LogP contribution is 2.17. The number of nitrogens with one attached hydrogen (secondary N) is 2. The number of hydrogen-bond acceptors (Lipinski definition) is 3. The summed E-state index contributed by atoms with van der Waals surface area (Å²) in [6.07, 6.45) is 3.49. The fourth-order valence-electron chi connectivity index (χ4n) is 2.25. The Morgan fingerprint density at radius 1 is 1.15 bits per heavy atom. The molecule has 0 saturated heterocycles. The van der Waals surface area contributed by atoms with Crippen molar-refractivity contribution in [1.82, 2.24) is 15.1 Å². The van der Waals surface area contributed by atoms with Gasteiger partial charge in [0.05, 0.1) is 17.8 Å². The maximum Gasteiger partial charge on any atom is 0.252 e. The molecule has 0 unspecified atom stereocenters. The Kier molecular flexibility index (Phi) is 5.43. The molecule has 1 aromatic heterocycles. The minimum absolute atomic E-state index is 0.126. The van der Waals surface area contributed by atoms with Crippen molar-refractivity contribution in [2.24, 2.45) is 0 Å². The van der Waals surface area contributed by atoms with Crippen molar-refractivity contribution in [2.45, 2.75) is 0 Å².